The van der Waals surface area contributed by atoms with Crippen molar-refractivity contribution >= 4 is 29.0 Å². The zero-order chi connectivity index (χ0) is 13.4. The van der Waals surface area contributed by atoms with E-state index in [1.54, 1.807) is 18.2 Å². The molecule has 19 heavy (non-hydrogen) atoms. The summed E-state index contributed by atoms with van der Waals surface area (Å²) in [7, 11) is 0. The summed E-state index contributed by atoms with van der Waals surface area (Å²) in [6, 6.07) is 5.08. The molecule has 3 rings (SSSR count). The maximum atomic E-state index is 12.3. The second kappa shape index (κ2) is 5.43. The predicted octanol–water partition coefficient (Wildman–Crippen LogP) is 3.91. The van der Waals surface area contributed by atoms with Crippen LogP contribution >= 0.6 is 23.2 Å². The standard InChI is InChI=1S/C15H17Cl2NO/c16-12-4-5-13(14(17)6-12)15(19)9-18-7-10-2-1-3-11(10)8-18/h4-6,10-11H,1-3,7-9H2. The van der Waals surface area contributed by atoms with Crippen LogP contribution in [-0.4, -0.2) is 30.3 Å². The number of benzene rings is 1. The summed E-state index contributed by atoms with van der Waals surface area (Å²) in [6.07, 6.45) is 4.02. The lowest BCUT2D eigenvalue weighted by molar-refractivity contribution is 0.0941. The summed E-state index contributed by atoms with van der Waals surface area (Å²) in [5.74, 6) is 1.73. The van der Waals surface area contributed by atoms with Gasteiger partial charge in [-0.1, -0.05) is 29.6 Å². The summed E-state index contributed by atoms with van der Waals surface area (Å²) >= 11 is 11.9. The molecule has 2 unspecified atom stereocenters. The SMILES string of the molecule is O=C(CN1CC2CCCC2C1)c1ccc(Cl)cc1Cl. The lowest BCUT2D eigenvalue weighted by Gasteiger charge is -2.16. The number of hydrogen-bond donors (Lipinski definition) is 0. The quantitative estimate of drug-likeness (QED) is 0.789. The van der Waals surface area contributed by atoms with Gasteiger partial charge < -0.3 is 0 Å². The maximum Gasteiger partial charge on any atom is 0.178 e. The van der Waals surface area contributed by atoms with Gasteiger partial charge in [0.15, 0.2) is 5.78 Å². The van der Waals surface area contributed by atoms with Crippen LogP contribution in [0.1, 0.15) is 29.6 Å². The molecule has 1 aromatic rings. The number of halogens is 2. The zero-order valence-corrected chi connectivity index (χ0v) is 12.3. The topological polar surface area (TPSA) is 20.3 Å². The van der Waals surface area contributed by atoms with E-state index in [9.17, 15) is 4.79 Å². The van der Waals surface area contributed by atoms with E-state index in [1.807, 2.05) is 0 Å². The summed E-state index contributed by atoms with van der Waals surface area (Å²) < 4.78 is 0. The predicted molar refractivity (Wildman–Crippen MR) is 78.1 cm³/mol. The van der Waals surface area contributed by atoms with Crippen LogP contribution in [0.2, 0.25) is 10.0 Å². The van der Waals surface area contributed by atoms with E-state index in [1.165, 1.54) is 19.3 Å². The first-order valence-corrected chi connectivity index (χ1v) is 7.59. The Hall–Kier alpha value is -0.570. The van der Waals surface area contributed by atoms with Crippen LogP contribution < -0.4 is 0 Å². The molecule has 1 aliphatic carbocycles. The highest BCUT2D eigenvalue weighted by Crippen LogP contribution is 2.37. The highest BCUT2D eigenvalue weighted by atomic mass is 35.5. The van der Waals surface area contributed by atoms with Crippen molar-refractivity contribution in [3.8, 4) is 0 Å². The average Bonchev–Trinajstić information content (AvgIpc) is 2.89. The molecule has 2 aliphatic rings. The summed E-state index contributed by atoms with van der Waals surface area (Å²) in [6.45, 7) is 2.62. The monoisotopic (exact) mass is 297 g/mol. The zero-order valence-electron chi connectivity index (χ0n) is 10.7. The molecule has 2 fully saturated rings. The molecule has 4 heteroatoms. The molecule has 1 heterocycles. The van der Waals surface area contributed by atoms with Crippen molar-refractivity contribution < 1.29 is 4.79 Å². The van der Waals surface area contributed by atoms with Gasteiger partial charge in [-0.25, -0.2) is 0 Å². The van der Waals surface area contributed by atoms with Crippen LogP contribution in [0.25, 0.3) is 0 Å². The van der Waals surface area contributed by atoms with E-state index in [-0.39, 0.29) is 5.78 Å². The smallest absolute Gasteiger partial charge is 0.178 e. The van der Waals surface area contributed by atoms with Gasteiger partial charge in [0, 0.05) is 23.7 Å². The molecule has 0 spiro atoms. The number of carbonyl (C=O) groups is 1. The summed E-state index contributed by atoms with van der Waals surface area (Å²) in [4.78, 5) is 14.6. The van der Waals surface area contributed by atoms with Crippen LogP contribution in [0.4, 0.5) is 0 Å². The van der Waals surface area contributed by atoms with E-state index in [2.05, 4.69) is 4.90 Å². The van der Waals surface area contributed by atoms with Crippen LogP contribution in [0, 0.1) is 11.8 Å². The fourth-order valence-electron chi connectivity index (χ4n) is 3.47. The fourth-order valence-corrected chi connectivity index (χ4v) is 3.98. The van der Waals surface area contributed by atoms with Gasteiger partial charge >= 0.3 is 0 Å². The van der Waals surface area contributed by atoms with Crippen molar-refractivity contribution in [3.05, 3.63) is 33.8 Å². The van der Waals surface area contributed by atoms with Crippen molar-refractivity contribution in [1.82, 2.24) is 4.90 Å². The van der Waals surface area contributed by atoms with E-state index in [0.717, 1.165) is 24.9 Å². The minimum absolute atomic E-state index is 0.0987. The van der Waals surface area contributed by atoms with E-state index < -0.39 is 0 Å². The maximum absolute atomic E-state index is 12.3. The molecule has 0 N–H and O–H groups in total. The van der Waals surface area contributed by atoms with E-state index >= 15 is 0 Å². The van der Waals surface area contributed by atoms with Crippen LogP contribution in [0.15, 0.2) is 18.2 Å². The molecule has 0 bridgehead atoms. The minimum Gasteiger partial charge on any atom is -0.295 e. The van der Waals surface area contributed by atoms with Gasteiger partial charge in [-0.05, 0) is 42.9 Å². The van der Waals surface area contributed by atoms with Crippen LogP contribution in [-0.2, 0) is 0 Å². The Kier molecular flexibility index (Phi) is 3.84. The van der Waals surface area contributed by atoms with Crippen LogP contribution in [0.5, 0.6) is 0 Å². The van der Waals surface area contributed by atoms with Crippen molar-refractivity contribution in [1.29, 1.82) is 0 Å². The number of carbonyl (C=O) groups excluding carboxylic acids is 1. The summed E-state index contributed by atoms with van der Waals surface area (Å²) in [5.41, 5.74) is 0.586. The molecular weight excluding hydrogens is 281 g/mol. The third-order valence-corrected chi connectivity index (χ3v) is 4.95. The number of fused-ring (bicyclic) bond motifs is 1. The van der Waals surface area contributed by atoms with Gasteiger partial charge in [0.05, 0.1) is 11.6 Å². The largest absolute Gasteiger partial charge is 0.295 e. The second-order valence-corrected chi connectivity index (χ2v) is 6.54. The molecule has 1 saturated heterocycles. The van der Waals surface area contributed by atoms with Crippen molar-refractivity contribution in [2.24, 2.45) is 11.8 Å². The molecule has 2 nitrogen and oxygen atoms in total. The van der Waals surface area contributed by atoms with Crippen molar-refractivity contribution in [2.75, 3.05) is 19.6 Å². The third kappa shape index (κ3) is 2.81. The number of ketones is 1. The number of Topliss-reactive ketones (excluding diaryl/α,β-unsaturated/α-hetero) is 1. The summed E-state index contributed by atoms with van der Waals surface area (Å²) in [5, 5.41) is 1.02. The Balaban J connectivity index is 1.65. The molecule has 1 aliphatic heterocycles. The lowest BCUT2D eigenvalue weighted by Crippen LogP contribution is -2.28. The van der Waals surface area contributed by atoms with Gasteiger partial charge in [0.2, 0.25) is 0 Å². The van der Waals surface area contributed by atoms with Crippen molar-refractivity contribution in [2.45, 2.75) is 19.3 Å². The Morgan fingerprint density at radius 3 is 2.53 bits per heavy atom. The fraction of sp³-hybridized carbons (Fsp3) is 0.533. The number of likely N-dealkylation sites (tertiary alicyclic amines) is 1. The number of nitrogens with zero attached hydrogens (tertiary/aromatic N) is 1. The van der Waals surface area contributed by atoms with Crippen LogP contribution in [0.3, 0.4) is 0 Å². The molecule has 1 aromatic carbocycles. The van der Waals surface area contributed by atoms with Crippen molar-refractivity contribution in [3.63, 3.8) is 0 Å². The molecular formula is C15H17Cl2NO. The number of hydrogen-bond acceptors (Lipinski definition) is 2. The van der Waals surface area contributed by atoms with Gasteiger partial charge in [-0.2, -0.15) is 0 Å². The molecule has 0 aromatic heterocycles. The van der Waals surface area contributed by atoms with E-state index in [0.29, 0.717) is 22.2 Å². The normalized spacial score (nSPS) is 26.6. The number of rotatable bonds is 3. The molecule has 0 radical (unpaired) electrons. The van der Waals surface area contributed by atoms with Gasteiger partial charge in [-0.3, -0.25) is 9.69 Å². The molecule has 2 atom stereocenters. The Morgan fingerprint density at radius 1 is 1.21 bits per heavy atom. The highest BCUT2D eigenvalue weighted by molar-refractivity contribution is 6.36. The van der Waals surface area contributed by atoms with Gasteiger partial charge in [0.25, 0.3) is 0 Å². The Labute approximate surface area is 123 Å². The highest BCUT2D eigenvalue weighted by Gasteiger charge is 2.36. The molecule has 1 saturated carbocycles. The second-order valence-electron chi connectivity index (χ2n) is 5.69. The molecule has 0 amide bonds. The third-order valence-electron chi connectivity index (χ3n) is 4.40. The first-order valence-electron chi connectivity index (χ1n) is 6.84. The van der Waals surface area contributed by atoms with Gasteiger partial charge in [-0.15, -0.1) is 0 Å². The molecule has 102 valence electrons. The first-order chi connectivity index (χ1) is 9.13. The Morgan fingerprint density at radius 2 is 1.89 bits per heavy atom. The van der Waals surface area contributed by atoms with E-state index in [4.69, 9.17) is 23.2 Å². The van der Waals surface area contributed by atoms with Gasteiger partial charge in [0.1, 0.15) is 0 Å². The Bertz CT molecular complexity index is 491. The average molecular weight is 298 g/mol. The first kappa shape index (κ1) is 13.4. The lowest BCUT2D eigenvalue weighted by atomic mass is 10.0. The minimum atomic E-state index is 0.0987.